The van der Waals surface area contributed by atoms with Crippen LogP contribution in [0.3, 0.4) is 0 Å². The molecule has 0 saturated carbocycles. The summed E-state index contributed by atoms with van der Waals surface area (Å²) in [6.45, 7) is 0.498. The lowest BCUT2D eigenvalue weighted by Crippen LogP contribution is -2.29. The number of benzene rings is 3. The fourth-order valence-electron chi connectivity index (χ4n) is 3.29. The maximum absolute atomic E-state index is 13.4. The number of hydrogen-bond acceptors (Lipinski definition) is 3. The van der Waals surface area contributed by atoms with E-state index in [9.17, 15) is 9.18 Å². The Morgan fingerprint density at radius 3 is 2.31 bits per heavy atom. The molecule has 3 rings (SSSR count). The molecule has 0 aliphatic carbocycles. The summed E-state index contributed by atoms with van der Waals surface area (Å²) in [6.07, 6.45) is 0.265. The Morgan fingerprint density at radius 1 is 1.00 bits per heavy atom. The van der Waals surface area contributed by atoms with Crippen LogP contribution >= 0.6 is 0 Å². The Balaban J connectivity index is 1.72. The SMILES string of the molecule is CN(CCC(=O)Nc1ccccc1C#N)C(c1ccccc1)c1ccc(F)cc1. The number of nitrogens with one attached hydrogen (secondary N) is 1. The van der Waals surface area contributed by atoms with Crippen LogP contribution in [0.25, 0.3) is 0 Å². The number of carbonyl (C=O) groups is 1. The molecule has 3 aromatic rings. The van der Waals surface area contributed by atoms with Crippen molar-refractivity contribution in [2.45, 2.75) is 12.5 Å². The van der Waals surface area contributed by atoms with Crippen LogP contribution in [0.15, 0.2) is 78.9 Å². The molecule has 146 valence electrons. The Bertz CT molecular complexity index is 997. The van der Waals surface area contributed by atoms with Gasteiger partial charge in [0.15, 0.2) is 0 Å². The van der Waals surface area contributed by atoms with Crippen molar-refractivity contribution in [1.29, 1.82) is 5.26 Å². The predicted octanol–water partition coefficient (Wildman–Crippen LogP) is 4.75. The molecule has 0 heterocycles. The largest absolute Gasteiger partial charge is 0.325 e. The molecule has 5 heteroatoms. The van der Waals surface area contributed by atoms with Crippen LogP contribution in [0.4, 0.5) is 10.1 Å². The van der Waals surface area contributed by atoms with Gasteiger partial charge in [-0.15, -0.1) is 0 Å². The summed E-state index contributed by atoms with van der Waals surface area (Å²) in [6, 6.07) is 25.3. The number of rotatable bonds is 7. The molecule has 1 N–H and O–H groups in total. The van der Waals surface area contributed by atoms with E-state index in [1.807, 2.05) is 37.4 Å². The molecule has 1 amide bonds. The Hall–Kier alpha value is -3.49. The minimum absolute atomic E-state index is 0.101. The van der Waals surface area contributed by atoms with Gasteiger partial charge in [-0.2, -0.15) is 5.26 Å². The zero-order chi connectivity index (χ0) is 20.6. The van der Waals surface area contributed by atoms with Gasteiger partial charge in [-0.05, 0) is 42.4 Å². The summed E-state index contributed by atoms with van der Waals surface area (Å²) in [5, 5.41) is 12.0. The van der Waals surface area contributed by atoms with Gasteiger partial charge in [0.05, 0.1) is 17.3 Å². The Kier molecular flexibility index (Phi) is 6.72. The third-order valence-electron chi connectivity index (χ3n) is 4.76. The van der Waals surface area contributed by atoms with Crippen molar-refractivity contribution in [2.75, 3.05) is 18.9 Å². The lowest BCUT2D eigenvalue weighted by atomic mass is 9.97. The van der Waals surface area contributed by atoms with Crippen LogP contribution in [0.2, 0.25) is 0 Å². The fourth-order valence-corrected chi connectivity index (χ4v) is 3.29. The van der Waals surface area contributed by atoms with E-state index in [4.69, 9.17) is 5.26 Å². The highest BCUT2D eigenvalue weighted by Gasteiger charge is 2.20. The van der Waals surface area contributed by atoms with Gasteiger partial charge < -0.3 is 5.32 Å². The smallest absolute Gasteiger partial charge is 0.225 e. The van der Waals surface area contributed by atoms with Crippen molar-refractivity contribution in [3.63, 3.8) is 0 Å². The minimum atomic E-state index is -0.279. The van der Waals surface area contributed by atoms with E-state index in [0.717, 1.165) is 11.1 Å². The van der Waals surface area contributed by atoms with E-state index in [0.29, 0.717) is 17.8 Å². The van der Waals surface area contributed by atoms with E-state index in [1.165, 1.54) is 12.1 Å². The topological polar surface area (TPSA) is 56.1 Å². The summed E-state index contributed by atoms with van der Waals surface area (Å²) in [5.41, 5.74) is 2.97. The number of amides is 1. The highest BCUT2D eigenvalue weighted by atomic mass is 19.1. The molecular weight excluding hydrogens is 365 g/mol. The monoisotopic (exact) mass is 387 g/mol. The third-order valence-corrected chi connectivity index (χ3v) is 4.76. The normalized spacial score (nSPS) is 11.7. The quantitative estimate of drug-likeness (QED) is 0.637. The molecule has 29 heavy (non-hydrogen) atoms. The van der Waals surface area contributed by atoms with Crippen LogP contribution in [0, 0.1) is 17.1 Å². The second-order valence-electron chi connectivity index (χ2n) is 6.80. The first kappa shape index (κ1) is 20.2. The van der Waals surface area contributed by atoms with E-state index >= 15 is 0 Å². The molecular formula is C24H22FN3O. The molecule has 0 aliphatic rings. The zero-order valence-corrected chi connectivity index (χ0v) is 16.2. The molecule has 0 radical (unpaired) electrons. The van der Waals surface area contributed by atoms with Crippen molar-refractivity contribution < 1.29 is 9.18 Å². The van der Waals surface area contributed by atoms with Crippen LogP contribution in [0.1, 0.15) is 29.2 Å². The molecule has 0 aliphatic heterocycles. The molecule has 3 aromatic carbocycles. The summed E-state index contributed by atoms with van der Waals surface area (Å²) >= 11 is 0. The fraction of sp³-hybridized carbons (Fsp3) is 0.167. The average molecular weight is 387 g/mol. The van der Waals surface area contributed by atoms with Gasteiger partial charge in [-0.3, -0.25) is 9.69 Å². The predicted molar refractivity (Wildman–Crippen MR) is 112 cm³/mol. The lowest BCUT2D eigenvalue weighted by Gasteiger charge is -2.29. The molecule has 0 spiro atoms. The van der Waals surface area contributed by atoms with E-state index in [1.54, 1.807) is 36.4 Å². The van der Waals surface area contributed by atoms with Gasteiger partial charge in [0, 0.05) is 13.0 Å². The maximum Gasteiger partial charge on any atom is 0.225 e. The number of halogens is 1. The molecule has 0 saturated heterocycles. The van der Waals surface area contributed by atoms with Crippen LogP contribution in [-0.2, 0) is 4.79 Å². The number of nitriles is 1. The van der Waals surface area contributed by atoms with E-state index in [2.05, 4.69) is 16.3 Å². The highest BCUT2D eigenvalue weighted by molar-refractivity contribution is 5.92. The number of nitrogens with zero attached hydrogens (tertiary/aromatic N) is 2. The first-order chi connectivity index (χ1) is 14.1. The molecule has 1 atom stereocenters. The third kappa shape index (κ3) is 5.28. The molecule has 1 unspecified atom stereocenters. The van der Waals surface area contributed by atoms with Crippen LogP contribution < -0.4 is 5.32 Å². The number of carbonyl (C=O) groups excluding carboxylic acids is 1. The first-order valence-electron chi connectivity index (χ1n) is 9.38. The average Bonchev–Trinajstić information content (AvgIpc) is 2.75. The zero-order valence-electron chi connectivity index (χ0n) is 16.2. The van der Waals surface area contributed by atoms with E-state index < -0.39 is 0 Å². The van der Waals surface area contributed by atoms with Crippen molar-refractivity contribution in [3.05, 3.63) is 101 Å². The number of anilines is 1. The second kappa shape index (κ2) is 9.63. The Labute approximate surface area is 170 Å². The first-order valence-corrected chi connectivity index (χ1v) is 9.38. The number of hydrogen-bond donors (Lipinski definition) is 1. The van der Waals surface area contributed by atoms with Gasteiger partial charge in [0.2, 0.25) is 5.91 Å². The lowest BCUT2D eigenvalue weighted by molar-refractivity contribution is -0.116. The molecule has 0 fully saturated rings. The van der Waals surface area contributed by atoms with E-state index in [-0.39, 0.29) is 24.2 Å². The summed E-state index contributed by atoms with van der Waals surface area (Å²) in [4.78, 5) is 14.5. The summed E-state index contributed by atoms with van der Waals surface area (Å²) < 4.78 is 13.4. The summed E-state index contributed by atoms with van der Waals surface area (Å²) in [5.74, 6) is -0.441. The van der Waals surface area contributed by atoms with Crippen molar-refractivity contribution in [2.24, 2.45) is 0 Å². The van der Waals surface area contributed by atoms with Gasteiger partial charge in [-0.1, -0.05) is 54.6 Å². The van der Waals surface area contributed by atoms with Crippen molar-refractivity contribution in [1.82, 2.24) is 4.90 Å². The summed E-state index contributed by atoms with van der Waals surface area (Å²) in [7, 11) is 1.94. The molecule has 0 bridgehead atoms. The highest BCUT2D eigenvalue weighted by Crippen LogP contribution is 2.28. The standard InChI is InChI=1S/C24H22FN3O/c1-28(16-15-23(29)27-22-10-6-5-9-20(22)17-26)24(18-7-3-2-4-8-18)19-11-13-21(25)14-12-19/h2-14,24H,15-16H2,1H3,(H,27,29). The van der Waals surface area contributed by atoms with Crippen LogP contribution in [0.5, 0.6) is 0 Å². The van der Waals surface area contributed by atoms with Crippen molar-refractivity contribution in [3.8, 4) is 6.07 Å². The van der Waals surface area contributed by atoms with Gasteiger partial charge in [-0.25, -0.2) is 4.39 Å². The van der Waals surface area contributed by atoms with Gasteiger partial charge >= 0.3 is 0 Å². The second-order valence-corrected chi connectivity index (χ2v) is 6.80. The molecule has 4 nitrogen and oxygen atoms in total. The van der Waals surface area contributed by atoms with Gasteiger partial charge in [0.1, 0.15) is 11.9 Å². The van der Waals surface area contributed by atoms with Gasteiger partial charge in [0.25, 0.3) is 0 Å². The Morgan fingerprint density at radius 2 is 1.62 bits per heavy atom. The maximum atomic E-state index is 13.4. The number of para-hydroxylation sites is 1. The molecule has 0 aromatic heterocycles. The van der Waals surface area contributed by atoms with Crippen LogP contribution in [-0.4, -0.2) is 24.4 Å². The van der Waals surface area contributed by atoms with Crippen molar-refractivity contribution >= 4 is 11.6 Å². The minimum Gasteiger partial charge on any atom is -0.325 e.